The monoisotopic (exact) mass is 338 g/mol. The number of hydrogen-bond acceptors (Lipinski definition) is 5. The minimum atomic E-state index is 0.503. The van der Waals surface area contributed by atoms with Gasteiger partial charge < -0.3 is 15.0 Å². The molecule has 5 nitrogen and oxygen atoms in total. The van der Waals surface area contributed by atoms with Crippen LogP contribution in [0.3, 0.4) is 0 Å². The van der Waals surface area contributed by atoms with E-state index in [2.05, 4.69) is 47.9 Å². The highest BCUT2D eigenvalue weighted by molar-refractivity contribution is 5.35. The lowest BCUT2D eigenvalue weighted by atomic mass is 10.1. The highest BCUT2D eigenvalue weighted by Gasteiger charge is 2.08. The van der Waals surface area contributed by atoms with Gasteiger partial charge in [-0.3, -0.25) is 4.98 Å². The third-order valence-corrected chi connectivity index (χ3v) is 3.82. The summed E-state index contributed by atoms with van der Waals surface area (Å²) < 4.78 is 5.01. The molecule has 2 rings (SSSR count). The predicted molar refractivity (Wildman–Crippen MR) is 104 cm³/mol. The van der Waals surface area contributed by atoms with Crippen LogP contribution in [0.2, 0.25) is 0 Å². The molecule has 1 aromatic heterocycles. The predicted octanol–water partition coefficient (Wildman–Crippen LogP) is 3.86. The Bertz CT molecular complexity index is 368. The molecule has 0 amide bonds. The van der Waals surface area contributed by atoms with Crippen LogP contribution in [0.4, 0.5) is 5.82 Å². The number of hydrogen-bond donors (Lipinski definition) is 1. The summed E-state index contributed by atoms with van der Waals surface area (Å²) in [6.45, 7) is 18.6. The molecule has 1 aliphatic heterocycles. The van der Waals surface area contributed by atoms with Gasteiger partial charge in [0, 0.05) is 26.2 Å². The molecule has 24 heavy (non-hydrogen) atoms. The summed E-state index contributed by atoms with van der Waals surface area (Å²) in [5.74, 6) is 1.50. The van der Waals surface area contributed by atoms with Crippen LogP contribution in [-0.2, 0) is 4.74 Å². The SMILES string of the molecule is C1COCCN1.CC.CCCN(CC)c1cnc(C(C)CC)cn1. The first-order valence-corrected chi connectivity index (χ1v) is 9.58. The molecule has 1 saturated heterocycles. The number of aromatic nitrogens is 2. The fourth-order valence-electron chi connectivity index (χ4n) is 2.18. The molecule has 0 aliphatic carbocycles. The number of rotatable bonds is 6. The lowest BCUT2D eigenvalue weighted by Crippen LogP contribution is -2.30. The molecule has 2 heterocycles. The van der Waals surface area contributed by atoms with E-state index in [1.165, 1.54) is 0 Å². The van der Waals surface area contributed by atoms with Crippen LogP contribution in [0.15, 0.2) is 12.4 Å². The summed E-state index contributed by atoms with van der Waals surface area (Å²) in [5, 5.41) is 3.16. The molecule has 1 fully saturated rings. The zero-order valence-corrected chi connectivity index (χ0v) is 16.6. The van der Waals surface area contributed by atoms with Crippen LogP contribution in [-0.4, -0.2) is 49.4 Å². The minimum Gasteiger partial charge on any atom is -0.379 e. The van der Waals surface area contributed by atoms with Gasteiger partial charge in [0.1, 0.15) is 5.82 Å². The summed E-state index contributed by atoms with van der Waals surface area (Å²) in [4.78, 5) is 11.3. The van der Waals surface area contributed by atoms with E-state index in [-0.39, 0.29) is 0 Å². The Kier molecular flexibility index (Phi) is 14.6. The van der Waals surface area contributed by atoms with Gasteiger partial charge in [0.2, 0.25) is 0 Å². The quantitative estimate of drug-likeness (QED) is 0.853. The maximum absolute atomic E-state index is 5.01. The Morgan fingerprint density at radius 3 is 2.12 bits per heavy atom. The maximum atomic E-state index is 5.01. The smallest absolute Gasteiger partial charge is 0.147 e. The summed E-state index contributed by atoms with van der Waals surface area (Å²) in [5.41, 5.74) is 1.10. The number of nitrogens with one attached hydrogen (secondary N) is 1. The van der Waals surface area contributed by atoms with Gasteiger partial charge in [0.15, 0.2) is 0 Å². The van der Waals surface area contributed by atoms with Crippen molar-refractivity contribution in [3.8, 4) is 0 Å². The number of nitrogens with zero attached hydrogens (tertiary/aromatic N) is 3. The molecule has 0 bridgehead atoms. The minimum absolute atomic E-state index is 0.503. The van der Waals surface area contributed by atoms with Crippen LogP contribution in [0.25, 0.3) is 0 Å². The first kappa shape index (κ1) is 22.8. The van der Waals surface area contributed by atoms with Gasteiger partial charge in [-0.1, -0.05) is 34.6 Å². The molecule has 140 valence electrons. The van der Waals surface area contributed by atoms with Crippen molar-refractivity contribution in [3.05, 3.63) is 18.1 Å². The zero-order chi connectivity index (χ0) is 18.2. The van der Waals surface area contributed by atoms with Crippen molar-refractivity contribution in [3.63, 3.8) is 0 Å². The molecule has 0 spiro atoms. The number of ether oxygens (including phenoxy) is 1. The van der Waals surface area contributed by atoms with Gasteiger partial charge in [-0.05, 0) is 25.7 Å². The lowest BCUT2D eigenvalue weighted by Gasteiger charge is -2.21. The van der Waals surface area contributed by atoms with Crippen molar-refractivity contribution >= 4 is 5.82 Å². The summed E-state index contributed by atoms with van der Waals surface area (Å²) in [6, 6.07) is 0. The largest absolute Gasteiger partial charge is 0.379 e. The Morgan fingerprint density at radius 2 is 1.79 bits per heavy atom. The van der Waals surface area contributed by atoms with E-state index in [0.717, 1.165) is 63.7 Å². The first-order chi connectivity index (χ1) is 11.7. The molecular formula is C19H38N4O. The highest BCUT2D eigenvalue weighted by atomic mass is 16.5. The molecule has 1 unspecified atom stereocenters. The van der Waals surface area contributed by atoms with Gasteiger partial charge >= 0.3 is 0 Å². The molecule has 1 aliphatic rings. The Hall–Kier alpha value is -1.20. The van der Waals surface area contributed by atoms with Crippen LogP contribution in [0.1, 0.15) is 66.0 Å². The molecule has 1 aromatic rings. The Morgan fingerprint density at radius 1 is 1.12 bits per heavy atom. The van der Waals surface area contributed by atoms with E-state index in [1.807, 2.05) is 26.2 Å². The van der Waals surface area contributed by atoms with Gasteiger partial charge in [0.05, 0.1) is 31.3 Å². The molecule has 0 aromatic carbocycles. The van der Waals surface area contributed by atoms with E-state index < -0.39 is 0 Å². The summed E-state index contributed by atoms with van der Waals surface area (Å²) in [7, 11) is 0. The Labute approximate surface area is 149 Å². The van der Waals surface area contributed by atoms with Crippen LogP contribution in [0, 0.1) is 0 Å². The zero-order valence-electron chi connectivity index (χ0n) is 16.6. The fourth-order valence-corrected chi connectivity index (χ4v) is 2.18. The van der Waals surface area contributed by atoms with Crippen molar-refractivity contribution in [1.29, 1.82) is 0 Å². The van der Waals surface area contributed by atoms with Crippen LogP contribution >= 0.6 is 0 Å². The first-order valence-electron chi connectivity index (χ1n) is 9.58. The van der Waals surface area contributed by atoms with E-state index in [9.17, 15) is 0 Å². The van der Waals surface area contributed by atoms with E-state index in [1.54, 1.807) is 0 Å². The van der Waals surface area contributed by atoms with Crippen molar-refractivity contribution in [1.82, 2.24) is 15.3 Å². The van der Waals surface area contributed by atoms with Gasteiger partial charge in [-0.15, -0.1) is 0 Å². The van der Waals surface area contributed by atoms with Crippen molar-refractivity contribution < 1.29 is 4.74 Å². The van der Waals surface area contributed by atoms with Gasteiger partial charge in [-0.2, -0.15) is 0 Å². The molecule has 0 saturated carbocycles. The average molecular weight is 339 g/mol. The van der Waals surface area contributed by atoms with Gasteiger partial charge in [-0.25, -0.2) is 4.98 Å². The highest BCUT2D eigenvalue weighted by Crippen LogP contribution is 2.17. The molecule has 1 atom stereocenters. The standard InChI is InChI=1S/C13H23N3.C4H9NO.C2H6/c1-5-8-16(7-3)13-10-14-12(9-15-13)11(4)6-2;1-3-6-4-2-5-1;1-2/h9-11H,5-8H2,1-4H3;5H,1-4H2;1-2H3. The number of anilines is 1. The average Bonchev–Trinajstić information content (AvgIpc) is 2.69. The fraction of sp³-hybridized carbons (Fsp3) is 0.789. The van der Waals surface area contributed by atoms with Gasteiger partial charge in [0.25, 0.3) is 0 Å². The van der Waals surface area contributed by atoms with Crippen molar-refractivity contribution in [2.24, 2.45) is 0 Å². The summed E-state index contributed by atoms with van der Waals surface area (Å²) >= 11 is 0. The van der Waals surface area contributed by atoms with E-state index in [0.29, 0.717) is 5.92 Å². The van der Waals surface area contributed by atoms with Crippen molar-refractivity contribution in [2.45, 2.75) is 60.3 Å². The summed E-state index contributed by atoms with van der Waals surface area (Å²) in [6.07, 6.45) is 6.07. The second kappa shape index (κ2) is 15.3. The molecule has 0 radical (unpaired) electrons. The second-order valence-corrected chi connectivity index (χ2v) is 5.55. The van der Waals surface area contributed by atoms with Crippen LogP contribution < -0.4 is 10.2 Å². The maximum Gasteiger partial charge on any atom is 0.147 e. The third kappa shape index (κ3) is 9.18. The van der Waals surface area contributed by atoms with E-state index >= 15 is 0 Å². The Balaban J connectivity index is 0.000000547. The lowest BCUT2D eigenvalue weighted by molar-refractivity contribution is 0.109. The normalized spacial score (nSPS) is 14.6. The number of morpholine rings is 1. The molecule has 1 N–H and O–H groups in total. The molecular weight excluding hydrogens is 300 g/mol. The molecule has 5 heteroatoms. The van der Waals surface area contributed by atoms with Crippen molar-refractivity contribution in [2.75, 3.05) is 44.3 Å². The second-order valence-electron chi connectivity index (χ2n) is 5.55. The topological polar surface area (TPSA) is 50.3 Å². The van der Waals surface area contributed by atoms with Crippen LogP contribution in [0.5, 0.6) is 0 Å². The third-order valence-electron chi connectivity index (χ3n) is 3.82. The van der Waals surface area contributed by atoms with E-state index in [4.69, 9.17) is 4.74 Å².